The highest BCUT2D eigenvalue weighted by molar-refractivity contribution is 5.85. The van der Waals surface area contributed by atoms with Gasteiger partial charge in [-0.2, -0.15) is 0 Å². The predicted octanol–water partition coefficient (Wildman–Crippen LogP) is 1.55. The van der Waals surface area contributed by atoms with E-state index in [1.54, 1.807) is 0 Å². The van der Waals surface area contributed by atoms with Crippen LogP contribution < -0.4 is 10.1 Å². The molecule has 78 valence electrons. The smallest absolute Gasteiger partial charge is 0.213 e. The van der Waals surface area contributed by atoms with E-state index in [-0.39, 0.29) is 12.4 Å². The average Bonchev–Trinajstić information content (AvgIpc) is 2.62. The Kier molecular flexibility index (Phi) is 4.17. The Labute approximate surface area is 90.3 Å². The molecule has 1 saturated heterocycles. The summed E-state index contributed by atoms with van der Waals surface area (Å²) >= 11 is 0. The molecule has 0 radical (unpaired) electrons. The van der Waals surface area contributed by atoms with Gasteiger partial charge >= 0.3 is 0 Å². The van der Waals surface area contributed by atoms with Gasteiger partial charge in [-0.1, -0.05) is 6.07 Å². The van der Waals surface area contributed by atoms with Crippen molar-refractivity contribution in [2.24, 2.45) is 0 Å². The number of pyridine rings is 1. The van der Waals surface area contributed by atoms with Crippen LogP contribution >= 0.6 is 12.4 Å². The molecule has 1 atom stereocenters. The number of hydrogen-bond acceptors (Lipinski definition) is 3. The number of aryl methyl sites for hydroxylation is 1. The third-order valence-corrected chi connectivity index (χ3v) is 2.19. The van der Waals surface area contributed by atoms with Gasteiger partial charge in [0.15, 0.2) is 0 Å². The molecule has 0 unspecified atom stereocenters. The van der Waals surface area contributed by atoms with Crippen LogP contribution in [0.1, 0.15) is 12.0 Å². The fourth-order valence-electron chi connectivity index (χ4n) is 1.42. The Morgan fingerprint density at radius 2 is 2.36 bits per heavy atom. The van der Waals surface area contributed by atoms with Crippen molar-refractivity contribution < 1.29 is 4.74 Å². The first-order valence-electron chi connectivity index (χ1n) is 4.64. The first kappa shape index (κ1) is 11.3. The maximum atomic E-state index is 5.66. The summed E-state index contributed by atoms with van der Waals surface area (Å²) < 4.78 is 5.66. The molecule has 1 aromatic heterocycles. The molecule has 1 fully saturated rings. The average molecular weight is 215 g/mol. The zero-order chi connectivity index (χ0) is 9.10. The maximum Gasteiger partial charge on any atom is 0.213 e. The van der Waals surface area contributed by atoms with E-state index in [2.05, 4.69) is 10.3 Å². The van der Waals surface area contributed by atoms with E-state index in [0.717, 1.165) is 31.0 Å². The minimum atomic E-state index is 0. The molecular formula is C10H15ClN2O. The molecule has 14 heavy (non-hydrogen) atoms. The minimum absolute atomic E-state index is 0. The summed E-state index contributed by atoms with van der Waals surface area (Å²) in [5.41, 5.74) is 1.16. The Morgan fingerprint density at radius 3 is 2.93 bits per heavy atom. The molecule has 2 heterocycles. The molecule has 0 bridgehead atoms. The maximum absolute atomic E-state index is 5.66. The van der Waals surface area contributed by atoms with Crippen LogP contribution in [0.3, 0.4) is 0 Å². The largest absolute Gasteiger partial charge is 0.473 e. The minimum Gasteiger partial charge on any atom is -0.473 e. The van der Waals surface area contributed by atoms with Crippen molar-refractivity contribution in [1.29, 1.82) is 0 Å². The second-order valence-corrected chi connectivity index (χ2v) is 3.41. The predicted molar refractivity (Wildman–Crippen MR) is 58.1 cm³/mol. The summed E-state index contributed by atoms with van der Waals surface area (Å²) in [5, 5.41) is 3.25. The van der Waals surface area contributed by atoms with Crippen LogP contribution in [-0.4, -0.2) is 24.2 Å². The van der Waals surface area contributed by atoms with E-state index in [0.29, 0.717) is 6.10 Å². The van der Waals surface area contributed by atoms with Crippen LogP contribution in [0.2, 0.25) is 0 Å². The lowest BCUT2D eigenvalue weighted by Gasteiger charge is -2.10. The summed E-state index contributed by atoms with van der Waals surface area (Å²) in [4.78, 5) is 4.19. The van der Waals surface area contributed by atoms with Gasteiger partial charge in [-0.05, 0) is 25.5 Å². The Morgan fingerprint density at radius 1 is 1.50 bits per heavy atom. The van der Waals surface area contributed by atoms with Gasteiger partial charge in [0.05, 0.1) is 0 Å². The van der Waals surface area contributed by atoms with Crippen molar-refractivity contribution in [2.45, 2.75) is 19.4 Å². The first-order chi connectivity index (χ1) is 6.34. The molecule has 1 aliphatic rings. The SMILES string of the molecule is Cc1ccc(O[C@H]2CCNC2)nc1.Cl. The summed E-state index contributed by atoms with van der Waals surface area (Å²) in [5.74, 6) is 0.735. The molecule has 4 heteroatoms. The van der Waals surface area contributed by atoms with Crippen LogP contribution in [0.25, 0.3) is 0 Å². The number of aromatic nitrogens is 1. The normalized spacial score (nSPS) is 20.2. The zero-order valence-electron chi connectivity index (χ0n) is 8.19. The van der Waals surface area contributed by atoms with Crippen molar-refractivity contribution in [3.05, 3.63) is 23.9 Å². The van der Waals surface area contributed by atoms with Gasteiger partial charge in [-0.15, -0.1) is 12.4 Å². The van der Waals surface area contributed by atoms with Gasteiger partial charge in [0.25, 0.3) is 0 Å². The number of rotatable bonds is 2. The lowest BCUT2D eigenvalue weighted by molar-refractivity contribution is 0.214. The molecule has 0 spiro atoms. The van der Waals surface area contributed by atoms with Crippen LogP contribution in [0, 0.1) is 6.92 Å². The molecule has 1 aliphatic heterocycles. The first-order valence-corrected chi connectivity index (χ1v) is 4.64. The highest BCUT2D eigenvalue weighted by Gasteiger charge is 2.15. The Balaban J connectivity index is 0.000000980. The van der Waals surface area contributed by atoms with Crippen molar-refractivity contribution >= 4 is 12.4 Å². The molecule has 0 saturated carbocycles. The third-order valence-electron chi connectivity index (χ3n) is 2.19. The van der Waals surface area contributed by atoms with Gasteiger partial charge in [-0.25, -0.2) is 4.98 Å². The summed E-state index contributed by atoms with van der Waals surface area (Å²) in [6.45, 7) is 4.01. The molecule has 1 N–H and O–H groups in total. The second-order valence-electron chi connectivity index (χ2n) is 3.41. The van der Waals surface area contributed by atoms with Crippen molar-refractivity contribution in [3.8, 4) is 5.88 Å². The van der Waals surface area contributed by atoms with E-state index >= 15 is 0 Å². The molecule has 3 nitrogen and oxygen atoms in total. The molecular weight excluding hydrogens is 200 g/mol. The number of ether oxygens (including phenoxy) is 1. The molecule has 0 aliphatic carbocycles. The van der Waals surface area contributed by atoms with E-state index < -0.39 is 0 Å². The monoisotopic (exact) mass is 214 g/mol. The highest BCUT2D eigenvalue weighted by Crippen LogP contribution is 2.11. The Hall–Kier alpha value is -0.800. The fraction of sp³-hybridized carbons (Fsp3) is 0.500. The highest BCUT2D eigenvalue weighted by atomic mass is 35.5. The fourth-order valence-corrected chi connectivity index (χ4v) is 1.42. The van der Waals surface area contributed by atoms with Gasteiger partial charge in [0, 0.05) is 18.8 Å². The van der Waals surface area contributed by atoms with Crippen molar-refractivity contribution in [2.75, 3.05) is 13.1 Å². The lowest BCUT2D eigenvalue weighted by Crippen LogP contribution is -2.19. The van der Waals surface area contributed by atoms with E-state index in [1.165, 1.54) is 0 Å². The topological polar surface area (TPSA) is 34.1 Å². The zero-order valence-corrected chi connectivity index (χ0v) is 9.01. The quantitative estimate of drug-likeness (QED) is 0.811. The van der Waals surface area contributed by atoms with Gasteiger partial charge in [0.1, 0.15) is 6.10 Å². The number of nitrogens with zero attached hydrogens (tertiary/aromatic N) is 1. The summed E-state index contributed by atoms with van der Waals surface area (Å²) in [6.07, 6.45) is 3.21. The third kappa shape index (κ3) is 2.86. The molecule has 1 aromatic rings. The van der Waals surface area contributed by atoms with Gasteiger partial charge in [0.2, 0.25) is 5.88 Å². The van der Waals surface area contributed by atoms with Crippen LogP contribution in [0.5, 0.6) is 5.88 Å². The van der Waals surface area contributed by atoms with Crippen molar-refractivity contribution in [3.63, 3.8) is 0 Å². The number of hydrogen-bond donors (Lipinski definition) is 1. The standard InChI is InChI=1S/C10H14N2O.ClH/c1-8-2-3-10(12-6-8)13-9-4-5-11-7-9;/h2-3,6,9,11H,4-5,7H2,1H3;1H/t9-;/m0./s1. The molecule has 0 aromatic carbocycles. The van der Waals surface area contributed by atoms with Crippen LogP contribution in [0.4, 0.5) is 0 Å². The second kappa shape index (κ2) is 5.17. The number of nitrogens with one attached hydrogen (secondary N) is 1. The molecule has 2 rings (SSSR count). The van der Waals surface area contributed by atoms with Crippen molar-refractivity contribution in [1.82, 2.24) is 10.3 Å². The van der Waals surface area contributed by atoms with Crippen LogP contribution in [0.15, 0.2) is 18.3 Å². The van der Waals surface area contributed by atoms with E-state index in [9.17, 15) is 0 Å². The number of halogens is 1. The van der Waals surface area contributed by atoms with Crippen LogP contribution in [-0.2, 0) is 0 Å². The van der Waals surface area contributed by atoms with Gasteiger partial charge < -0.3 is 10.1 Å². The summed E-state index contributed by atoms with van der Waals surface area (Å²) in [7, 11) is 0. The molecule has 0 amide bonds. The Bertz CT molecular complexity index is 270. The van der Waals surface area contributed by atoms with E-state index in [4.69, 9.17) is 4.74 Å². The van der Waals surface area contributed by atoms with Gasteiger partial charge in [-0.3, -0.25) is 0 Å². The summed E-state index contributed by atoms with van der Waals surface area (Å²) in [6, 6.07) is 3.94. The van der Waals surface area contributed by atoms with E-state index in [1.807, 2.05) is 25.3 Å². The lowest BCUT2D eigenvalue weighted by atomic mass is 10.3.